The van der Waals surface area contributed by atoms with Gasteiger partial charge in [0.15, 0.2) is 17.4 Å². The molecule has 0 N–H and O–H groups in total. The molecule has 0 saturated heterocycles. The molecule has 0 spiro atoms. The van der Waals surface area contributed by atoms with E-state index in [0.717, 1.165) is 0 Å². The summed E-state index contributed by atoms with van der Waals surface area (Å²) >= 11 is 0. The molecule has 0 radical (unpaired) electrons. The molecule has 0 fully saturated rings. The van der Waals surface area contributed by atoms with Gasteiger partial charge < -0.3 is 0 Å². The minimum absolute atomic E-state index is 0. The molecule has 0 heterocycles. The predicted molar refractivity (Wildman–Crippen MR) is 87.7 cm³/mol. The summed E-state index contributed by atoms with van der Waals surface area (Å²) in [6.45, 7) is 0. The first-order valence-corrected chi connectivity index (χ1v) is 6.14. The zero-order valence-electron chi connectivity index (χ0n) is 10.9. The maximum Gasteiger partial charge on any atom is 1.00 e. The van der Waals surface area contributed by atoms with Crippen molar-refractivity contribution in [2.45, 2.75) is 0 Å². The molecule has 0 amide bonds. The van der Waals surface area contributed by atoms with E-state index in [4.69, 9.17) is 0 Å². The Bertz CT molecular complexity index is 878. The molecule has 4 aromatic carbocycles. The van der Waals surface area contributed by atoms with Crippen molar-refractivity contribution in [3.63, 3.8) is 0 Å². The van der Waals surface area contributed by atoms with E-state index in [2.05, 4.69) is 60.7 Å². The molecule has 0 saturated carbocycles. The van der Waals surface area contributed by atoms with Gasteiger partial charge in [0.25, 0.3) is 0 Å². The number of fused-ring (bicyclic) bond motifs is 4. The van der Waals surface area contributed by atoms with Gasteiger partial charge in [-0.3, -0.25) is 0 Å². The monoisotopic (exact) mass is 264 g/mol. The van der Waals surface area contributed by atoms with E-state index in [0.29, 0.717) is 0 Å². The van der Waals surface area contributed by atoms with Crippen molar-refractivity contribution in [2.24, 2.45) is 0 Å². The summed E-state index contributed by atoms with van der Waals surface area (Å²) in [5.74, 6) is 0. The zero-order valence-corrected chi connectivity index (χ0v) is 10.9. The van der Waals surface area contributed by atoms with Gasteiger partial charge in [-0.25, -0.2) is 0 Å². The molecule has 0 aliphatic heterocycles. The first-order chi connectivity index (χ1) is 8.92. The molecule has 4 aromatic rings. The third-order valence-corrected chi connectivity index (χ3v) is 3.52. The molecule has 0 nitrogen and oxygen atoms in total. The van der Waals surface area contributed by atoms with E-state index >= 15 is 0 Å². The van der Waals surface area contributed by atoms with Crippen LogP contribution in [0.2, 0.25) is 0 Å². The van der Waals surface area contributed by atoms with E-state index in [-0.39, 0.29) is 36.2 Å². The summed E-state index contributed by atoms with van der Waals surface area (Å²) in [6.07, 6.45) is 0. The standard InChI is InChI=1S/C18H11.Al.Li.3H/c1-2-7-15-12-18-16(11-14(15)6-1)10-9-13-5-3-4-8-17(13)18;;;;;/h1-7,9-12H;;;;;/q-1;;+1;;;. The Hall–Kier alpha value is -1.21. The largest absolute Gasteiger partial charge is 1.00 e. The molecule has 0 bridgehead atoms. The Morgan fingerprint density at radius 3 is 2.10 bits per heavy atom. The summed E-state index contributed by atoms with van der Waals surface area (Å²) in [6, 6.07) is 26.9. The van der Waals surface area contributed by atoms with Crippen molar-refractivity contribution < 1.29 is 18.9 Å². The van der Waals surface area contributed by atoms with E-state index in [1.54, 1.807) is 0 Å². The van der Waals surface area contributed by atoms with Gasteiger partial charge in [-0.2, -0.15) is 0 Å². The third kappa shape index (κ3) is 2.40. The van der Waals surface area contributed by atoms with Crippen LogP contribution in [0.5, 0.6) is 0 Å². The van der Waals surface area contributed by atoms with Crippen LogP contribution in [0.3, 0.4) is 0 Å². The van der Waals surface area contributed by atoms with Gasteiger partial charge in [0.05, 0.1) is 0 Å². The second kappa shape index (κ2) is 6.05. The summed E-state index contributed by atoms with van der Waals surface area (Å²) in [5, 5.41) is 7.60. The molecule has 90 valence electrons. The SMILES string of the molecule is [AlH3].[Li+].[c-]1cccc2ccc3cc4ccccc4cc3c12. The van der Waals surface area contributed by atoms with E-state index in [9.17, 15) is 0 Å². The summed E-state index contributed by atoms with van der Waals surface area (Å²) in [5.41, 5.74) is 0. The Morgan fingerprint density at radius 1 is 0.650 bits per heavy atom. The van der Waals surface area contributed by atoms with Crippen LogP contribution in [0, 0.1) is 6.07 Å². The van der Waals surface area contributed by atoms with Crippen molar-refractivity contribution in [1.29, 1.82) is 0 Å². The second-order valence-electron chi connectivity index (χ2n) is 4.62. The van der Waals surface area contributed by atoms with Gasteiger partial charge in [-0.15, -0.1) is 35.0 Å². The minimum Gasteiger partial charge on any atom is -0.147 e. The summed E-state index contributed by atoms with van der Waals surface area (Å²) in [4.78, 5) is 0. The fraction of sp³-hybridized carbons (Fsp3) is 0. The first-order valence-electron chi connectivity index (χ1n) is 6.14. The Labute approximate surface area is 141 Å². The Kier molecular flexibility index (Phi) is 4.59. The molecule has 0 aliphatic carbocycles. The zero-order chi connectivity index (χ0) is 11.9. The van der Waals surface area contributed by atoms with Crippen molar-refractivity contribution in [2.75, 3.05) is 0 Å². The quantitative estimate of drug-likeness (QED) is 0.190. The molecular formula is C18H14AlLi. The van der Waals surface area contributed by atoms with E-state index in [1.165, 1.54) is 32.3 Å². The maximum absolute atomic E-state index is 3.36. The van der Waals surface area contributed by atoms with Gasteiger partial charge in [0.1, 0.15) is 0 Å². The molecule has 0 aromatic heterocycles. The summed E-state index contributed by atoms with van der Waals surface area (Å²) < 4.78 is 0. The van der Waals surface area contributed by atoms with Crippen LogP contribution in [0.25, 0.3) is 32.3 Å². The van der Waals surface area contributed by atoms with Crippen molar-refractivity contribution >= 4 is 49.7 Å². The molecule has 20 heavy (non-hydrogen) atoms. The number of rotatable bonds is 0. The maximum atomic E-state index is 3.36. The third-order valence-electron chi connectivity index (χ3n) is 3.52. The molecule has 4 rings (SSSR count). The molecule has 2 heteroatoms. The average Bonchev–Trinajstić information content (AvgIpc) is 2.45. The van der Waals surface area contributed by atoms with Crippen molar-refractivity contribution in [1.82, 2.24) is 0 Å². The topological polar surface area (TPSA) is 0 Å². The first kappa shape index (κ1) is 15.2. The second-order valence-corrected chi connectivity index (χ2v) is 4.62. The number of hydrogen-bond donors (Lipinski definition) is 0. The summed E-state index contributed by atoms with van der Waals surface area (Å²) in [7, 11) is 0. The van der Waals surface area contributed by atoms with Gasteiger partial charge >= 0.3 is 18.9 Å². The fourth-order valence-electron chi connectivity index (χ4n) is 2.61. The van der Waals surface area contributed by atoms with E-state index < -0.39 is 0 Å². The molecular weight excluding hydrogens is 250 g/mol. The van der Waals surface area contributed by atoms with Crippen molar-refractivity contribution in [3.8, 4) is 0 Å². The van der Waals surface area contributed by atoms with Crippen LogP contribution >= 0.6 is 0 Å². The number of benzene rings is 4. The van der Waals surface area contributed by atoms with Gasteiger partial charge in [0, 0.05) is 0 Å². The van der Waals surface area contributed by atoms with Gasteiger partial charge in [-0.05, 0) is 10.8 Å². The van der Waals surface area contributed by atoms with Crippen LogP contribution in [0.4, 0.5) is 0 Å². The molecule has 0 atom stereocenters. The average molecular weight is 264 g/mol. The van der Waals surface area contributed by atoms with Crippen LogP contribution < -0.4 is 18.9 Å². The van der Waals surface area contributed by atoms with Gasteiger partial charge in [0.2, 0.25) is 0 Å². The van der Waals surface area contributed by atoms with E-state index in [1.807, 2.05) is 12.1 Å². The van der Waals surface area contributed by atoms with Crippen LogP contribution in [-0.2, 0) is 0 Å². The van der Waals surface area contributed by atoms with Crippen LogP contribution in [0.15, 0.2) is 66.7 Å². The minimum atomic E-state index is 0. The number of hydrogen-bond acceptors (Lipinski definition) is 0. The normalized spacial score (nSPS) is 10.2. The molecule has 0 unspecified atom stereocenters. The van der Waals surface area contributed by atoms with Gasteiger partial charge in [-0.1, -0.05) is 59.3 Å². The van der Waals surface area contributed by atoms with Crippen LogP contribution in [-0.4, -0.2) is 17.4 Å². The fourth-order valence-corrected chi connectivity index (χ4v) is 2.61. The Morgan fingerprint density at radius 2 is 1.30 bits per heavy atom. The molecule has 0 aliphatic rings. The van der Waals surface area contributed by atoms with Crippen molar-refractivity contribution in [3.05, 3.63) is 72.8 Å². The van der Waals surface area contributed by atoms with Crippen LogP contribution in [0.1, 0.15) is 0 Å². The predicted octanol–water partition coefficient (Wildman–Crippen LogP) is 0.766. The smallest absolute Gasteiger partial charge is 0.147 e. The Balaban J connectivity index is 0.000000735.